The van der Waals surface area contributed by atoms with Crippen LogP contribution in [0, 0.1) is 0 Å². The highest BCUT2D eigenvalue weighted by molar-refractivity contribution is 6.06. The zero-order valence-electron chi connectivity index (χ0n) is 20.8. The monoisotopic (exact) mass is 457 g/mol. The van der Waals surface area contributed by atoms with Gasteiger partial charge in [0.1, 0.15) is 11.3 Å². The van der Waals surface area contributed by atoms with E-state index in [-0.39, 0.29) is 0 Å². The van der Waals surface area contributed by atoms with E-state index in [9.17, 15) is 0 Å². The molecule has 0 spiro atoms. The first-order valence-electron chi connectivity index (χ1n) is 13.0. The summed E-state index contributed by atoms with van der Waals surface area (Å²) in [6.45, 7) is 7.29. The first-order chi connectivity index (χ1) is 16.7. The maximum absolute atomic E-state index is 6.34. The molecule has 0 saturated heterocycles. The van der Waals surface area contributed by atoms with Crippen LogP contribution in [0.1, 0.15) is 75.7 Å². The van der Waals surface area contributed by atoms with Gasteiger partial charge in [-0.1, -0.05) is 88.4 Å². The predicted molar refractivity (Wildman–Crippen MR) is 144 cm³/mol. The molecule has 0 aliphatic carbocycles. The van der Waals surface area contributed by atoms with Crippen LogP contribution >= 0.6 is 0 Å². The Balaban J connectivity index is 1.52. The van der Waals surface area contributed by atoms with Gasteiger partial charge in [-0.25, -0.2) is 9.97 Å². The van der Waals surface area contributed by atoms with E-state index in [4.69, 9.17) is 10.7 Å². The number of aromatic nitrogens is 3. The minimum atomic E-state index is 0.515. The summed E-state index contributed by atoms with van der Waals surface area (Å²) in [5.41, 5.74) is 11.8. The van der Waals surface area contributed by atoms with E-state index < -0.39 is 0 Å². The third-order valence-electron chi connectivity index (χ3n) is 6.59. The lowest BCUT2D eigenvalue weighted by molar-refractivity contribution is 0.583. The van der Waals surface area contributed by atoms with Crippen LogP contribution in [0.25, 0.3) is 21.9 Å². The van der Waals surface area contributed by atoms with E-state index in [2.05, 4.69) is 65.1 Å². The maximum atomic E-state index is 6.34. The van der Waals surface area contributed by atoms with Crippen molar-refractivity contribution < 1.29 is 0 Å². The Morgan fingerprint density at radius 2 is 1.56 bits per heavy atom. The number of hydrogen-bond donors (Lipinski definition) is 2. The van der Waals surface area contributed by atoms with E-state index >= 15 is 0 Å². The topological polar surface area (TPSA) is 68.8 Å². The Labute approximate surface area is 203 Å². The first kappa shape index (κ1) is 24.2. The van der Waals surface area contributed by atoms with Gasteiger partial charge in [0.05, 0.1) is 11.0 Å². The molecular weight excluding hydrogens is 418 g/mol. The van der Waals surface area contributed by atoms with Gasteiger partial charge in [-0.05, 0) is 36.6 Å². The fourth-order valence-electron chi connectivity index (χ4n) is 4.63. The van der Waals surface area contributed by atoms with E-state index in [1.165, 1.54) is 43.2 Å². The number of nitrogens with one attached hydrogen (secondary N) is 1. The number of anilines is 1. The standard InChI is InChI=1S/C29H39N5/c1-3-5-7-8-11-19-31-20-22-15-17-23(18-16-22)21-34-26(14-6-4-2)33-27-28(34)24-12-9-10-13-25(24)32-29(27)30/h9-10,12-13,15-18,31H,3-8,11,14,19-21H2,1-2H3,(H2,30,32). The summed E-state index contributed by atoms with van der Waals surface area (Å²) in [4.78, 5) is 9.56. The summed E-state index contributed by atoms with van der Waals surface area (Å²) >= 11 is 0. The van der Waals surface area contributed by atoms with Crippen LogP contribution in [0.2, 0.25) is 0 Å². The van der Waals surface area contributed by atoms with Gasteiger partial charge in [0.25, 0.3) is 0 Å². The van der Waals surface area contributed by atoms with Crippen molar-refractivity contribution >= 4 is 27.8 Å². The number of para-hydroxylation sites is 1. The Kier molecular flexibility index (Phi) is 8.53. The van der Waals surface area contributed by atoms with E-state index in [1.807, 2.05) is 12.1 Å². The highest BCUT2D eigenvalue weighted by Gasteiger charge is 2.17. The van der Waals surface area contributed by atoms with Crippen LogP contribution in [0.5, 0.6) is 0 Å². The van der Waals surface area contributed by atoms with Crippen molar-refractivity contribution in [3.8, 4) is 0 Å². The van der Waals surface area contributed by atoms with Gasteiger partial charge >= 0.3 is 0 Å². The molecule has 0 amide bonds. The average Bonchev–Trinajstić information content (AvgIpc) is 3.22. The number of rotatable bonds is 13. The Bertz CT molecular complexity index is 1190. The van der Waals surface area contributed by atoms with Gasteiger partial charge in [0.2, 0.25) is 0 Å². The highest BCUT2D eigenvalue weighted by Crippen LogP contribution is 2.30. The number of imidazole rings is 1. The second-order valence-corrected chi connectivity index (χ2v) is 9.34. The molecule has 4 aromatic rings. The van der Waals surface area contributed by atoms with Crippen LogP contribution in [-0.2, 0) is 19.5 Å². The predicted octanol–water partition coefficient (Wildman–Crippen LogP) is 6.62. The Morgan fingerprint density at radius 3 is 2.35 bits per heavy atom. The minimum Gasteiger partial charge on any atom is -0.382 e. The number of fused-ring (bicyclic) bond motifs is 3. The van der Waals surface area contributed by atoms with E-state index in [1.54, 1.807) is 0 Å². The summed E-state index contributed by atoms with van der Waals surface area (Å²) in [6, 6.07) is 17.2. The van der Waals surface area contributed by atoms with Gasteiger partial charge in [-0.3, -0.25) is 0 Å². The lowest BCUT2D eigenvalue weighted by Crippen LogP contribution is -2.14. The van der Waals surface area contributed by atoms with Crippen LogP contribution < -0.4 is 11.1 Å². The van der Waals surface area contributed by atoms with Gasteiger partial charge < -0.3 is 15.6 Å². The molecule has 0 bridgehead atoms. The van der Waals surface area contributed by atoms with Crippen LogP contribution in [-0.4, -0.2) is 21.1 Å². The molecule has 4 rings (SSSR count). The fourth-order valence-corrected chi connectivity index (χ4v) is 4.63. The number of nitrogen functional groups attached to an aromatic ring is 1. The molecular formula is C29H39N5. The molecule has 2 heterocycles. The van der Waals surface area contributed by atoms with Crippen LogP contribution in [0.3, 0.4) is 0 Å². The number of pyridine rings is 1. The van der Waals surface area contributed by atoms with Crippen molar-refractivity contribution in [3.05, 3.63) is 65.5 Å². The minimum absolute atomic E-state index is 0.515. The largest absolute Gasteiger partial charge is 0.382 e. The molecule has 0 saturated carbocycles. The molecule has 5 nitrogen and oxygen atoms in total. The second kappa shape index (κ2) is 12.0. The number of benzene rings is 2. The number of hydrogen-bond acceptors (Lipinski definition) is 4. The normalized spacial score (nSPS) is 11.6. The van der Waals surface area contributed by atoms with Crippen molar-refractivity contribution in [3.63, 3.8) is 0 Å². The first-order valence-corrected chi connectivity index (χ1v) is 13.0. The molecule has 0 aliphatic heterocycles. The molecule has 0 unspecified atom stereocenters. The summed E-state index contributed by atoms with van der Waals surface area (Å²) < 4.78 is 2.36. The number of nitrogens with zero attached hydrogens (tertiary/aromatic N) is 3. The second-order valence-electron chi connectivity index (χ2n) is 9.34. The Hall–Kier alpha value is -2.92. The molecule has 0 atom stereocenters. The van der Waals surface area contributed by atoms with Gasteiger partial charge in [0.15, 0.2) is 5.82 Å². The number of aryl methyl sites for hydroxylation is 1. The smallest absolute Gasteiger partial charge is 0.152 e. The van der Waals surface area contributed by atoms with Crippen molar-refractivity contribution in [2.24, 2.45) is 0 Å². The van der Waals surface area contributed by atoms with Crippen molar-refractivity contribution in [1.29, 1.82) is 0 Å². The highest BCUT2D eigenvalue weighted by atomic mass is 15.1. The molecule has 0 fully saturated rings. The van der Waals surface area contributed by atoms with Gasteiger partial charge in [0, 0.05) is 24.9 Å². The molecule has 0 aliphatic rings. The zero-order valence-corrected chi connectivity index (χ0v) is 20.8. The van der Waals surface area contributed by atoms with Crippen molar-refractivity contribution in [2.45, 2.75) is 78.3 Å². The quantitative estimate of drug-likeness (QED) is 0.221. The lowest BCUT2D eigenvalue weighted by Gasteiger charge is -2.12. The number of unbranched alkanes of at least 4 members (excludes halogenated alkanes) is 5. The number of nitrogens with two attached hydrogens (primary N) is 1. The van der Waals surface area contributed by atoms with E-state index in [0.29, 0.717) is 5.82 Å². The zero-order chi connectivity index (χ0) is 23.8. The lowest BCUT2D eigenvalue weighted by atomic mass is 10.1. The fraction of sp³-hybridized carbons (Fsp3) is 0.448. The van der Waals surface area contributed by atoms with Crippen LogP contribution in [0.15, 0.2) is 48.5 Å². The summed E-state index contributed by atoms with van der Waals surface area (Å²) in [5.74, 6) is 1.61. The molecule has 34 heavy (non-hydrogen) atoms. The maximum Gasteiger partial charge on any atom is 0.152 e. The van der Waals surface area contributed by atoms with Crippen molar-refractivity contribution in [1.82, 2.24) is 19.9 Å². The molecule has 2 aromatic heterocycles. The summed E-state index contributed by atoms with van der Waals surface area (Å²) in [6.07, 6.45) is 9.79. The van der Waals surface area contributed by atoms with Crippen LogP contribution in [0.4, 0.5) is 5.82 Å². The SMILES string of the molecule is CCCCCCCNCc1ccc(Cn2c(CCCC)nc3c(N)nc4ccccc4c32)cc1. The summed E-state index contributed by atoms with van der Waals surface area (Å²) in [7, 11) is 0. The molecule has 3 N–H and O–H groups in total. The Morgan fingerprint density at radius 1 is 0.824 bits per heavy atom. The third kappa shape index (κ3) is 5.76. The van der Waals surface area contributed by atoms with Gasteiger partial charge in [-0.2, -0.15) is 0 Å². The molecule has 0 radical (unpaired) electrons. The van der Waals surface area contributed by atoms with E-state index in [0.717, 1.165) is 66.7 Å². The third-order valence-corrected chi connectivity index (χ3v) is 6.59. The van der Waals surface area contributed by atoms with Gasteiger partial charge in [-0.15, -0.1) is 0 Å². The molecule has 180 valence electrons. The molecule has 5 heteroatoms. The van der Waals surface area contributed by atoms with Crippen molar-refractivity contribution in [2.75, 3.05) is 12.3 Å². The molecule has 2 aromatic carbocycles. The average molecular weight is 458 g/mol. The summed E-state index contributed by atoms with van der Waals surface area (Å²) in [5, 5.41) is 4.70.